The zero-order chi connectivity index (χ0) is 17.1. The van der Waals surface area contributed by atoms with Gasteiger partial charge in [0.05, 0.1) is 6.54 Å². The number of rotatable bonds is 3. The predicted octanol–water partition coefficient (Wildman–Crippen LogP) is 1.94. The molecule has 0 spiro atoms. The Labute approximate surface area is 124 Å². The summed E-state index contributed by atoms with van der Waals surface area (Å²) in [5.41, 5.74) is 0.726. The van der Waals surface area contributed by atoms with Gasteiger partial charge < -0.3 is 4.74 Å². The maximum absolute atomic E-state index is 13.4. The van der Waals surface area contributed by atoms with Gasteiger partial charge in [-0.25, -0.2) is 14.7 Å². The largest absolute Gasteiger partial charge is 0.444 e. The molecule has 1 fully saturated rings. The lowest BCUT2D eigenvalue weighted by atomic mass is 10.2. The van der Waals surface area contributed by atoms with Crippen LogP contribution in [0, 0.1) is 0 Å². The van der Waals surface area contributed by atoms with Crippen LogP contribution < -0.4 is 5.48 Å². The van der Waals surface area contributed by atoms with Crippen LogP contribution in [0.15, 0.2) is 0 Å². The highest BCUT2D eigenvalue weighted by Crippen LogP contribution is 2.23. The van der Waals surface area contributed by atoms with Gasteiger partial charge in [-0.05, 0) is 20.8 Å². The van der Waals surface area contributed by atoms with Gasteiger partial charge >= 0.3 is 12.3 Å². The van der Waals surface area contributed by atoms with Gasteiger partial charge in [-0.15, -0.1) is 0 Å². The second-order valence-corrected chi connectivity index (χ2v) is 5.85. The van der Waals surface area contributed by atoms with Crippen molar-refractivity contribution >= 4 is 12.0 Å². The van der Waals surface area contributed by atoms with Crippen LogP contribution in [0.2, 0.25) is 0 Å². The number of likely N-dealkylation sites (tertiary alicyclic amines) is 1. The highest BCUT2D eigenvalue weighted by Gasteiger charge is 2.42. The third-order valence-electron chi connectivity index (χ3n) is 2.59. The normalized spacial score (nSPS) is 22.6. The molecule has 0 unspecified atom stereocenters. The topological polar surface area (TPSA) is 67.9 Å². The second kappa shape index (κ2) is 6.67. The predicted molar refractivity (Wildman–Crippen MR) is 66.4 cm³/mol. The van der Waals surface area contributed by atoms with Crippen molar-refractivity contribution in [1.29, 1.82) is 0 Å². The first-order chi connectivity index (χ1) is 9.89. The van der Waals surface area contributed by atoms with Crippen molar-refractivity contribution in [3.63, 3.8) is 0 Å². The quantitative estimate of drug-likeness (QED) is 0.634. The average molecular weight is 330 g/mol. The molecule has 1 rings (SSSR count). The summed E-state index contributed by atoms with van der Waals surface area (Å²) in [6.07, 6.45) is -7.33. The van der Waals surface area contributed by atoms with Gasteiger partial charge in [0.15, 0.2) is 6.61 Å². The van der Waals surface area contributed by atoms with Gasteiger partial charge in [-0.3, -0.25) is 14.5 Å². The van der Waals surface area contributed by atoms with Crippen LogP contribution >= 0.6 is 0 Å². The first-order valence-corrected chi connectivity index (χ1v) is 6.51. The van der Waals surface area contributed by atoms with E-state index < -0.39 is 42.6 Å². The number of nitrogens with zero attached hydrogens (tertiary/aromatic N) is 1. The summed E-state index contributed by atoms with van der Waals surface area (Å²) in [4.78, 5) is 28.5. The molecule has 2 amide bonds. The highest BCUT2D eigenvalue weighted by molar-refractivity contribution is 5.85. The number of carbonyl (C=O) groups is 2. The Hall–Kier alpha value is -1.58. The molecule has 0 aromatic carbocycles. The van der Waals surface area contributed by atoms with Gasteiger partial charge in [0.1, 0.15) is 17.8 Å². The number of alkyl halides is 4. The van der Waals surface area contributed by atoms with E-state index in [0.717, 1.165) is 4.90 Å². The number of carbonyl (C=O) groups excluding carboxylic acids is 2. The lowest BCUT2D eigenvalue weighted by molar-refractivity contribution is -0.192. The molecule has 0 aromatic rings. The molecule has 0 aliphatic carbocycles. The first-order valence-electron chi connectivity index (χ1n) is 6.51. The third kappa shape index (κ3) is 6.04. The van der Waals surface area contributed by atoms with Crippen molar-refractivity contribution in [1.82, 2.24) is 10.4 Å². The van der Waals surface area contributed by atoms with Crippen molar-refractivity contribution in [2.45, 2.75) is 51.2 Å². The maximum atomic E-state index is 13.4. The first kappa shape index (κ1) is 18.5. The van der Waals surface area contributed by atoms with Crippen LogP contribution in [0.5, 0.6) is 0 Å². The Kier molecular flexibility index (Phi) is 5.60. The molecule has 0 radical (unpaired) electrons. The van der Waals surface area contributed by atoms with Gasteiger partial charge in [-0.1, -0.05) is 0 Å². The standard InChI is InChI=1S/C12H18F4N2O4/c1-11(2,3)22-10(20)18-5-7(13)4-8(18)9(19)17-21-6-12(14,15)16/h7-8H,4-6H2,1-3H3,(H,17,19)/t7-,8-/m0/s1. The van der Waals surface area contributed by atoms with Crippen molar-refractivity contribution in [2.24, 2.45) is 0 Å². The minimum Gasteiger partial charge on any atom is -0.444 e. The Morgan fingerprint density at radius 1 is 1.27 bits per heavy atom. The molecular formula is C12H18F4N2O4. The van der Waals surface area contributed by atoms with Crippen LogP contribution in [0.25, 0.3) is 0 Å². The highest BCUT2D eigenvalue weighted by atomic mass is 19.4. The Bertz CT molecular complexity index is 422. The Morgan fingerprint density at radius 2 is 1.86 bits per heavy atom. The fraction of sp³-hybridized carbons (Fsp3) is 0.833. The van der Waals surface area contributed by atoms with E-state index in [1.807, 2.05) is 0 Å². The van der Waals surface area contributed by atoms with Crippen LogP contribution in [-0.2, 0) is 14.4 Å². The van der Waals surface area contributed by atoms with Gasteiger partial charge in [0.25, 0.3) is 5.91 Å². The average Bonchev–Trinajstić information content (AvgIpc) is 2.67. The van der Waals surface area contributed by atoms with Crippen LogP contribution in [-0.4, -0.2) is 54.0 Å². The summed E-state index contributed by atoms with van der Waals surface area (Å²) in [6, 6.07) is -1.28. The molecule has 1 saturated heterocycles. The molecule has 10 heteroatoms. The SMILES string of the molecule is CC(C)(C)OC(=O)N1C[C@@H](F)C[C@H]1C(=O)NOCC(F)(F)F. The van der Waals surface area contributed by atoms with E-state index in [0.29, 0.717) is 0 Å². The molecule has 128 valence electrons. The number of hydrogen-bond acceptors (Lipinski definition) is 4. The molecular weight excluding hydrogens is 312 g/mol. The second-order valence-electron chi connectivity index (χ2n) is 5.85. The number of amides is 2. The Morgan fingerprint density at radius 3 is 2.36 bits per heavy atom. The minimum atomic E-state index is -4.61. The lowest BCUT2D eigenvalue weighted by Gasteiger charge is -2.27. The van der Waals surface area contributed by atoms with Crippen LogP contribution in [0.3, 0.4) is 0 Å². The van der Waals surface area contributed by atoms with Crippen molar-refractivity contribution in [3.05, 3.63) is 0 Å². The smallest absolute Gasteiger partial charge is 0.414 e. The Balaban J connectivity index is 2.62. The zero-order valence-corrected chi connectivity index (χ0v) is 12.4. The molecule has 0 bridgehead atoms. The molecule has 1 aliphatic heterocycles. The van der Waals surface area contributed by atoms with E-state index >= 15 is 0 Å². The molecule has 0 aromatic heterocycles. The van der Waals surface area contributed by atoms with E-state index in [-0.39, 0.29) is 13.0 Å². The zero-order valence-electron chi connectivity index (χ0n) is 12.4. The fourth-order valence-corrected chi connectivity index (χ4v) is 1.81. The summed E-state index contributed by atoms with van der Waals surface area (Å²) >= 11 is 0. The van der Waals surface area contributed by atoms with E-state index in [2.05, 4.69) is 4.84 Å². The fourth-order valence-electron chi connectivity index (χ4n) is 1.81. The monoisotopic (exact) mass is 330 g/mol. The van der Waals surface area contributed by atoms with Crippen LogP contribution in [0.4, 0.5) is 22.4 Å². The minimum absolute atomic E-state index is 0.333. The lowest BCUT2D eigenvalue weighted by Crippen LogP contribution is -2.48. The summed E-state index contributed by atoms with van der Waals surface area (Å²) in [5, 5.41) is 0. The molecule has 1 heterocycles. The van der Waals surface area contributed by atoms with Gasteiger partial charge in [-0.2, -0.15) is 13.2 Å². The third-order valence-corrected chi connectivity index (χ3v) is 2.59. The van der Waals surface area contributed by atoms with E-state index in [9.17, 15) is 27.2 Å². The molecule has 1 N–H and O–H groups in total. The van der Waals surface area contributed by atoms with E-state index in [4.69, 9.17) is 4.74 Å². The molecule has 1 aliphatic rings. The molecule has 0 saturated carbocycles. The number of ether oxygens (including phenoxy) is 1. The molecule has 22 heavy (non-hydrogen) atoms. The summed E-state index contributed by atoms with van der Waals surface area (Å²) in [5.74, 6) is -1.03. The summed E-state index contributed by atoms with van der Waals surface area (Å²) in [7, 11) is 0. The number of hydrogen-bond donors (Lipinski definition) is 1. The number of nitrogens with one attached hydrogen (secondary N) is 1. The summed E-state index contributed by atoms with van der Waals surface area (Å²) < 4.78 is 54.2. The van der Waals surface area contributed by atoms with Crippen LogP contribution in [0.1, 0.15) is 27.2 Å². The van der Waals surface area contributed by atoms with Gasteiger partial charge in [0, 0.05) is 6.42 Å². The maximum Gasteiger partial charge on any atom is 0.414 e. The van der Waals surface area contributed by atoms with Crippen molar-refractivity contribution in [2.75, 3.05) is 13.2 Å². The van der Waals surface area contributed by atoms with Crippen molar-refractivity contribution < 1.29 is 36.7 Å². The van der Waals surface area contributed by atoms with Crippen molar-refractivity contribution in [3.8, 4) is 0 Å². The van der Waals surface area contributed by atoms with E-state index in [1.165, 1.54) is 0 Å². The van der Waals surface area contributed by atoms with E-state index in [1.54, 1.807) is 26.3 Å². The molecule has 2 atom stereocenters. The van der Waals surface area contributed by atoms with Gasteiger partial charge in [0.2, 0.25) is 0 Å². The number of halogens is 4. The molecule has 6 nitrogen and oxygen atoms in total. The number of hydroxylamine groups is 1. The summed E-state index contributed by atoms with van der Waals surface area (Å²) in [6.45, 7) is 2.73.